The van der Waals surface area contributed by atoms with Crippen molar-refractivity contribution in [3.8, 4) is 11.3 Å². The number of aromatic amines is 1. The fraction of sp³-hybridized carbons (Fsp3) is 0.464. The number of carbonyl (C=O) groups excluding carboxylic acids is 3. The average molecular weight is 548 g/mol. The Morgan fingerprint density at radius 3 is 2.67 bits per heavy atom. The second-order valence-electron chi connectivity index (χ2n) is 11.8. The SMILES string of the molecule is CC(C)Nc1n[nH]c2c(CN3CC4(COC4)C3)cc(-c3ccc4c(c3F)CN(C3CCC(=O)NC3=O)C4=O)nc12. The minimum Gasteiger partial charge on any atom is -0.380 e. The molecular weight excluding hydrogens is 517 g/mol. The van der Waals surface area contributed by atoms with Crippen LogP contribution in [0.15, 0.2) is 18.2 Å². The van der Waals surface area contributed by atoms with Crippen LogP contribution in [0.2, 0.25) is 0 Å². The van der Waals surface area contributed by atoms with Gasteiger partial charge in [-0.25, -0.2) is 9.37 Å². The molecule has 1 spiro atoms. The minimum absolute atomic E-state index is 0.0426. The number of nitrogens with zero attached hydrogens (tertiary/aromatic N) is 4. The number of H-pyrrole nitrogens is 1. The van der Waals surface area contributed by atoms with Crippen molar-refractivity contribution in [3.05, 3.63) is 40.7 Å². The number of likely N-dealkylation sites (tertiary alicyclic amines) is 1. The van der Waals surface area contributed by atoms with Gasteiger partial charge in [-0.2, -0.15) is 5.10 Å². The summed E-state index contributed by atoms with van der Waals surface area (Å²) in [5.74, 6) is -1.24. The summed E-state index contributed by atoms with van der Waals surface area (Å²) in [6.45, 7) is 8.12. The summed E-state index contributed by atoms with van der Waals surface area (Å²) in [6.07, 6.45) is 0.357. The number of ether oxygens (including phenoxy) is 1. The topological polar surface area (TPSA) is 133 Å². The smallest absolute Gasteiger partial charge is 0.255 e. The number of halogens is 1. The van der Waals surface area contributed by atoms with Crippen molar-refractivity contribution in [2.45, 2.75) is 51.9 Å². The number of anilines is 1. The van der Waals surface area contributed by atoms with Crippen molar-refractivity contribution >= 4 is 34.6 Å². The summed E-state index contributed by atoms with van der Waals surface area (Å²) in [5.41, 5.74) is 3.85. The number of imide groups is 1. The zero-order valence-electron chi connectivity index (χ0n) is 22.3. The van der Waals surface area contributed by atoms with Crippen molar-refractivity contribution in [1.82, 2.24) is 30.3 Å². The Morgan fingerprint density at radius 2 is 1.98 bits per heavy atom. The molecule has 0 aliphatic carbocycles. The molecule has 1 aromatic carbocycles. The van der Waals surface area contributed by atoms with Gasteiger partial charge in [-0.3, -0.25) is 29.7 Å². The Kier molecular flexibility index (Phi) is 5.69. The molecule has 2 aromatic heterocycles. The summed E-state index contributed by atoms with van der Waals surface area (Å²) in [7, 11) is 0. The van der Waals surface area contributed by atoms with Crippen LogP contribution < -0.4 is 10.6 Å². The van der Waals surface area contributed by atoms with Crippen LogP contribution in [0.5, 0.6) is 0 Å². The first-order valence-corrected chi connectivity index (χ1v) is 13.6. The summed E-state index contributed by atoms with van der Waals surface area (Å²) < 4.78 is 21.6. The van der Waals surface area contributed by atoms with E-state index in [0.717, 1.165) is 37.4 Å². The van der Waals surface area contributed by atoms with E-state index in [1.165, 1.54) is 4.90 Å². The van der Waals surface area contributed by atoms with Crippen molar-refractivity contribution in [3.63, 3.8) is 0 Å². The third-order valence-corrected chi connectivity index (χ3v) is 8.28. The largest absolute Gasteiger partial charge is 0.380 e. The molecule has 3 aromatic rings. The highest BCUT2D eigenvalue weighted by molar-refractivity contribution is 6.05. The second kappa shape index (κ2) is 9.07. The predicted molar refractivity (Wildman–Crippen MR) is 143 cm³/mol. The monoisotopic (exact) mass is 547 g/mol. The van der Waals surface area contributed by atoms with E-state index in [2.05, 4.69) is 25.7 Å². The molecule has 4 aliphatic rings. The van der Waals surface area contributed by atoms with Crippen LogP contribution in [0.3, 0.4) is 0 Å². The fourth-order valence-corrected chi connectivity index (χ4v) is 6.33. The summed E-state index contributed by atoms with van der Waals surface area (Å²) in [5, 5.41) is 13.2. The van der Waals surface area contributed by atoms with E-state index < -0.39 is 23.7 Å². The van der Waals surface area contributed by atoms with Gasteiger partial charge in [0.2, 0.25) is 11.8 Å². The van der Waals surface area contributed by atoms with Gasteiger partial charge >= 0.3 is 0 Å². The van der Waals surface area contributed by atoms with Crippen LogP contribution in [0.4, 0.5) is 10.2 Å². The number of aromatic nitrogens is 3. The van der Waals surface area contributed by atoms with Crippen LogP contribution in [-0.2, 0) is 27.4 Å². The number of hydrogen-bond donors (Lipinski definition) is 3. The van der Waals surface area contributed by atoms with Gasteiger partial charge in [-0.15, -0.1) is 0 Å². The lowest BCUT2D eigenvalue weighted by atomic mass is 9.78. The average Bonchev–Trinajstić information content (AvgIpc) is 3.41. The number of carbonyl (C=O) groups is 3. The van der Waals surface area contributed by atoms with Crippen molar-refractivity contribution in [2.75, 3.05) is 31.6 Å². The molecule has 7 rings (SSSR count). The van der Waals surface area contributed by atoms with Crippen molar-refractivity contribution in [1.29, 1.82) is 0 Å². The predicted octanol–water partition coefficient (Wildman–Crippen LogP) is 2.18. The lowest BCUT2D eigenvalue weighted by Gasteiger charge is -2.55. The third kappa shape index (κ3) is 3.96. The van der Waals surface area contributed by atoms with E-state index in [-0.39, 0.29) is 53.4 Å². The maximum absolute atomic E-state index is 16.2. The van der Waals surface area contributed by atoms with E-state index in [4.69, 9.17) is 9.72 Å². The Morgan fingerprint density at radius 1 is 1.20 bits per heavy atom. The molecule has 6 heterocycles. The van der Waals surface area contributed by atoms with Gasteiger partial charge < -0.3 is 15.0 Å². The number of nitrogens with one attached hydrogen (secondary N) is 3. The Labute approximate surface area is 229 Å². The van der Waals surface area contributed by atoms with Gasteiger partial charge in [0.1, 0.15) is 17.4 Å². The summed E-state index contributed by atoms with van der Waals surface area (Å²) >= 11 is 0. The zero-order chi connectivity index (χ0) is 27.8. The van der Waals surface area contributed by atoms with Crippen LogP contribution >= 0.6 is 0 Å². The number of rotatable bonds is 6. The second-order valence-corrected chi connectivity index (χ2v) is 11.8. The van der Waals surface area contributed by atoms with Gasteiger partial charge in [0, 0.05) is 54.2 Å². The first-order valence-electron chi connectivity index (χ1n) is 13.6. The molecule has 1 unspecified atom stereocenters. The number of hydrogen-bond acceptors (Lipinski definition) is 8. The van der Waals surface area contributed by atoms with E-state index in [1.807, 2.05) is 19.9 Å². The molecule has 3 fully saturated rings. The number of amides is 3. The minimum atomic E-state index is -0.807. The van der Waals surface area contributed by atoms with Crippen LogP contribution in [0.25, 0.3) is 22.3 Å². The van der Waals surface area contributed by atoms with E-state index in [0.29, 0.717) is 23.6 Å². The Hall–Kier alpha value is -3.90. The maximum Gasteiger partial charge on any atom is 0.255 e. The number of fused-ring (bicyclic) bond motifs is 2. The van der Waals surface area contributed by atoms with E-state index in [9.17, 15) is 14.4 Å². The van der Waals surface area contributed by atoms with Crippen LogP contribution in [0.1, 0.15) is 48.2 Å². The van der Waals surface area contributed by atoms with Gasteiger partial charge in [0.05, 0.1) is 31.0 Å². The quantitative estimate of drug-likeness (QED) is 0.400. The van der Waals surface area contributed by atoms with E-state index in [1.54, 1.807) is 12.1 Å². The van der Waals surface area contributed by atoms with Gasteiger partial charge in [-0.1, -0.05) is 0 Å². The molecule has 4 aliphatic heterocycles. The molecule has 11 nitrogen and oxygen atoms in total. The first kappa shape index (κ1) is 25.1. The summed E-state index contributed by atoms with van der Waals surface area (Å²) in [4.78, 5) is 45.7. The zero-order valence-corrected chi connectivity index (χ0v) is 22.3. The fourth-order valence-electron chi connectivity index (χ4n) is 6.33. The normalized spacial score (nSPS) is 22.1. The highest BCUT2D eigenvalue weighted by Crippen LogP contribution is 2.40. The Balaban J connectivity index is 1.24. The third-order valence-electron chi connectivity index (χ3n) is 8.28. The number of benzene rings is 1. The number of piperidine rings is 1. The van der Waals surface area contributed by atoms with Crippen molar-refractivity contribution in [2.24, 2.45) is 5.41 Å². The molecule has 3 amide bonds. The highest BCUT2D eigenvalue weighted by atomic mass is 19.1. The standard InChI is InChI=1S/C28H30FN7O4/c1-14(2)30-25-24-23(33-34-25)15(8-35-10-28(11-35)12-40-13-28)7-19(31-24)17-4-3-16-18(22(17)29)9-36(27(16)39)20-5-6-21(37)32-26(20)38/h3-4,7,14,20H,5-6,8-13H2,1-2H3,(H2,30,33,34)(H,32,37,38). The lowest BCUT2D eigenvalue weighted by Crippen LogP contribution is -2.65. The molecule has 208 valence electrons. The molecule has 0 radical (unpaired) electrons. The molecule has 0 saturated carbocycles. The molecule has 3 N–H and O–H groups in total. The van der Waals surface area contributed by atoms with Gasteiger partial charge in [-0.05, 0) is 44.0 Å². The first-order chi connectivity index (χ1) is 19.2. The molecular formula is C28H30FN7O4. The van der Waals surface area contributed by atoms with Gasteiger partial charge in [0.25, 0.3) is 5.91 Å². The maximum atomic E-state index is 16.2. The summed E-state index contributed by atoms with van der Waals surface area (Å²) in [6, 6.07) is 4.39. The number of pyridine rings is 1. The van der Waals surface area contributed by atoms with Crippen molar-refractivity contribution < 1.29 is 23.5 Å². The highest BCUT2D eigenvalue weighted by Gasteiger charge is 2.48. The molecule has 0 bridgehead atoms. The van der Waals surface area contributed by atoms with Crippen LogP contribution in [-0.4, -0.2) is 81.1 Å². The Bertz CT molecular complexity index is 1570. The van der Waals surface area contributed by atoms with E-state index >= 15 is 4.39 Å². The van der Waals surface area contributed by atoms with Gasteiger partial charge in [0.15, 0.2) is 5.82 Å². The molecule has 12 heteroatoms. The molecule has 40 heavy (non-hydrogen) atoms. The molecule has 1 atom stereocenters. The lowest BCUT2D eigenvalue weighted by molar-refractivity contribution is -0.191. The molecule has 3 saturated heterocycles. The van der Waals surface area contributed by atoms with Crippen LogP contribution in [0, 0.1) is 11.2 Å².